The smallest absolute Gasteiger partial charge is 0.319 e. The molecule has 1 aliphatic heterocycles. The first-order valence-electron chi connectivity index (χ1n) is 7.14. The van der Waals surface area contributed by atoms with Gasteiger partial charge in [0.1, 0.15) is 12.4 Å². The van der Waals surface area contributed by atoms with Gasteiger partial charge in [-0.05, 0) is 30.3 Å². The number of halogens is 2. The summed E-state index contributed by atoms with van der Waals surface area (Å²) in [6.45, 7) is 0.866. The Hall–Kier alpha value is -2.31. The van der Waals surface area contributed by atoms with Crippen molar-refractivity contribution in [2.75, 3.05) is 25.3 Å². The van der Waals surface area contributed by atoms with Crippen molar-refractivity contribution in [2.45, 2.75) is 0 Å². The molecule has 24 heavy (non-hydrogen) atoms. The quantitative estimate of drug-likeness (QED) is 0.784. The number of carbonyl (C=O) groups excluding carboxylic acids is 1. The maximum Gasteiger partial charge on any atom is 0.319 e. The number of nitrogens with one attached hydrogen (secondary N) is 2. The summed E-state index contributed by atoms with van der Waals surface area (Å²) in [5.74, 6) is 1.99. The Morgan fingerprint density at radius 1 is 1.08 bits per heavy atom. The van der Waals surface area contributed by atoms with Crippen LogP contribution in [0.1, 0.15) is 0 Å². The molecule has 0 unspecified atom stereocenters. The molecule has 1 aliphatic rings. The van der Waals surface area contributed by atoms with E-state index in [1.165, 1.54) is 0 Å². The Balaban J connectivity index is 1.41. The molecule has 0 saturated heterocycles. The molecule has 1 heterocycles. The van der Waals surface area contributed by atoms with Crippen LogP contribution in [0.25, 0.3) is 0 Å². The molecule has 3 rings (SSSR count). The van der Waals surface area contributed by atoms with Gasteiger partial charge < -0.3 is 24.8 Å². The van der Waals surface area contributed by atoms with Crippen LogP contribution in [0.5, 0.6) is 17.2 Å². The molecule has 2 N–H and O–H groups in total. The number of rotatable bonds is 5. The van der Waals surface area contributed by atoms with E-state index in [9.17, 15) is 4.79 Å². The van der Waals surface area contributed by atoms with E-state index in [0.29, 0.717) is 46.1 Å². The second-order valence-corrected chi connectivity index (χ2v) is 5.69. The zero-order valence-corrected chi connectivity index (χ0v) is 14.0. The van der Waals surface area contributed by atoms with Gasteiger partial charge >= 0.3 is 6.03 Å². The molecule has 0 atom stereocenters. The van der Waals surface area contributed by atoms with Crippen molar-refractivity contribution in [1.29, 1.82) is 0 Å². The average molecular weight is 369 g/mol. The van der Waals surface area contributed by atoms with Gasteiger partial charge in [0.15, 0.2) is 11.5 Å². The van der Waals surface area contributed by atoms with E-state index in [-0.39, 0.29) is 12.8 Å². The highest BCUT2D eigenvalue weighted by Crippen LogP contribution is 2.35. The number of urea groups is 1. The second kappa shape index (κ2) is 7.51. The molecule has 0 bridgehead atoms. The van der Waals surface area contributed by atoms with Gasteiger partial charge in [0, 0.05) is 11.8 Å². The SMILES string of the molecule is O=C(NCCOc1ccc2c(c1)OCO2)Nc1ccc(Cl)c(Cl)c1. The van der Waals surface area contributed by atoms with E-state index in [0.717, 1.165) is 0 Å². The molecule has 0 radical (unpaired) electrons. The fraction of sp³-hybridized carbons (Fsp3) is 0.188. The molecule has 6 nitrogen and oxygen atoms in total. The summed E-state index contributed by atoms with van der Waals surface area (Å²) in [5, 5.41) is 6.14. The Morgan fingerprint density at radius 3 is 2.75 bits per heavy atom. The lowest BCUT2D eigenvalue weighted by molar-refractivity contribution is 0.173. The number of anilines is 1. The summed E-state index contributed by atoms with van der Waals surface area (Å²) in [4.78, 5) is 11.8. The summed E-state index contributed by atoms with van der Waals surface area (Å²) >= 11 is 11.7. The van der Waals surface area contributed by atoms with E-state index in [2.05, 4.69) is 10.6 Å². The van der Waals surface area contributed by atoms with Gasteiger partial charge in [-0.15, -0.1) is 0 Å². The summed E-state index contributed by atoms with van der Waals surface area (Å²) < 4.78 is 16.0. The van der Waals surface area contributed by atoms with Gasteiger partial charge in [0.25, 0.3) is 0 Å². The van der Waals surface area contributed by atoms with Crippen LogP contribution in [0.15, 0.2) is 36.4 Å². The third kappa shape index (κ3) is 4.15. The molecule has 126 valence electrons. The van der Waals surface area contributed by atoms with Gasteiger partial charge in [-0.25, -0.2) is 4.79 Å². The van der Waals surface area contributed by atoms with Gasteiger partial charge in [-0.2, -0.15) is 0 Å². The highest BCUT2D eigenvalue weighted by molar-refractivity contribution is 6.42. The largest absolute Gasteiger partial charge is 0.492 e. The maximum absolute atomic E-state index is 11.8. The highest BCUT2D eigenvalue weighted by atomic mass is 35.5. The fourth-order valence-corrected chi connectivity index (χ4v) is 2.35. The van der Waals surface area contributed by atoms with Crippen LogP contribution in [0.3, 0.4) is 0 Å². The lowest BCUT2D eigenvalue weighted by Crippen LogP contribution is -2.32. The highest BCUT2D eigenvalue weighted by Gasteiger charge is 2.13. The summed E-state index contributed by atoms with van der Waals surface area (Å²) in [6, 6.07) is 9.80. The number of hydrogen-bond donors (Lipinski definition) is 2. The zero-order chi connectivity index (χ0) is 16.9. The second-order valence-electron chi connectivity index (χ2n) is 4.87. The van der Waals surface area contributed by atoms with Gasteiger partial charge in [0.05, 0.1) is 16.6 Å². The van der Waals surface area contributed by atoms with Crippen LogP contribution in [-0.2, 0) is 0 Å². The molecular formula is C16H14Cl2N2O4. The van der Waals surface area contributed by atoms with Crippen molar-refractivity contribution in [3.8, 4) is 17.2 Å². The van der Waals surface area contributed by atoms with E-state index in [4.69, 9.17) is 37.4 Å². The van der Waals surface area contributed by atoms with Crippen LogP contribution in [0.2, 0.25) is 10.0 Å². The fourth-order valence-electron chi connectivity index (χ4n) is 2.05. The third-order valence-electron chi connectivity index (χ3n) is 3.18. The van der Waals surface area contributed by atoms with E-state index in [1.54, 1.807) is 36.4 Å². The van der Waals surface area contributed by atoms with Crippen molar-refractivity contribution < 1.29 is 19.0 Å². The summed E-state index contributed by atoms with van der Waals surface area (Å²) in [6.07, 6.45) is 0. The van der Waals surface area contributed by atoms with Crippen LogP contribution in [0, 0.1) is 0 Å². The third-order valence-corrected chi connectivity index (χ3v) is 3.92. The minimum Gasteiger partial charge on any atom is -0.492 e. The van der Waals surface area contributed by atoms with Crippen LogP contribution in [-0.4, -0.2) is 26.0 Å². The molecule has 8 heteroatoms. The number of carbonyl (C=O) groups is 1. The molecule has 0 fully saturated rings. The first-order valence-corrected chi connectivity index (χ1v) is 7.90. The number of benzene rings is 2. The zero-order valence-electron chi connectivity index (χ0n) is 12.5. The Labute approximate surface area is 148 Å². The van der Waals surface area contributed by atoms with Gasteiger partial charge in [-0.1, -0.05) is 23.2 Å². The predicted octanol–water partition coefficient (Wildman–Crippen LogP) is 3.92. The van der Waals surface area contributed by atoms with E-state index in [1.807, 2.05) is 0 Å². The minimum absolute atomic E-state index is 0.217. The molecular weight excluding hydrogens is 355 g/mol. The molecule has 0 spiro atoms. The Kier molecular flexibility index (Phi) is 5.17. The van der Waals surface area contributed by atoms with Crippen molar-refractivity contribution in [3.63, 3.8) is 0 Å². The van der Waals surface area contributed by atoms with Crippen molar-refractivity contribution in [2.24, 2.45) is 0 Å². The van der Waals surface area contributed by atoms with Crippen LogP contribution in [0.4, 0.5) is 10.5 Å². The first kappa shape index (κ1) is 16.5. The van der Waals surface area contributed by atoms with Gasteiger partial charge in [-0.3, -0.25) is 0 Å². The van der Waals surface area contributed by atoms with Crippen molar-refractivity contribution in [3.05, 3.63) is 46.4 Å². The van der Waals surface area contributed by atoms with Crippen molar-refractivity contribution in [1.82, 2.24) is 5.32 Å². The van der Waals surface area contributed by atoms with Crippen LogP contribution < -0.4 is 24.8 Å². The molecule has 0 saturated carbocycles. The number of hydrogen-bond acceptors (Lipinski definition) is 4. The molecule has 2 amide bonds. The number of amides is 2. The standard InChI is InChI=1S/C16H14Cl2N2O4/c17-12-3-1-10(7-13(12)18)20-16(21)19-5-6-22-11-2-4-14-15(8-11)24-9-23-14/h1-4,7-8H,5-6,9H2,(H2,19,20,21). The molecule has 0 aliphatic carbocycles. The Bertz CT molecular complexity index is 755. The number of fused-ring (bicyclic) bond motifs is 1. The molecule has 2 aromatic carbocycles. The maximum atomic E-state index is 11.8. The molecule has 0 aromatic heterocycles. The Morgan fingerprint density at radius 2 is 1.92 bits per heavy atom. The average Bonchev–Trinajstić information content (AvgIpc) is 3.03. The summed E-state index contributed by atoms with van der Waals surface area (Å²) in [5.41, 5.74) is 0.554. The monoisotopic (exact) mass is 368 g/mol. The van der Waals surface area contributed by atoms with E-state index < -0.39 is 0 Å². The molecule has 2 aromatic rings. The minimum atomic E-state index is -0.359. The lowest BCUT2D eigenvalue weighted by atomic mass is 10.3. The number of ether oxygens (including phenoxy) is 3. The van der Waals surface area contributed by atoms with Crippen molar-refractivity contribution >= 4 is 34.9 Å². The summed E-state index contributed by atoms with van der Waals surface area (Å²) in [7, 11) is 0. The normalized spacial score (nSPS) is 11.9. The first-order chi connectivity index (χ1) is 11.6. The van der Waals surface area contributed by atoms with Gasteiger partial charge in [0.2, 0.25) is 6.79 Å². The topological polar surface area (TPSA) is 68.8 Å². The van der Waals surface area contributed by atoms with Crippen LogP contribution >= 0.6 is 23.2 Å². The van der Waals surface area contributed by atoms with E-state index >= 15 is 0 Å². The lowest BCUT2D eigenvalue weighted by Gasteiger charge is -2.10. The predicted molar refractivity (Wildman–Crippen MR) is 91.5 cm³/mol.